The number of benzene rings is 2. The van der Waals surface area contributed by atoms with E-state index in [-0.39, 0.29) is 22.3 Å². The van der Waals surface area contributed by atoms with Gasteiger partial charge in [-0.15, -0.1) is 0 Å². The van der Waals surface area contributed by atoms with Crippen molar-refractivity contribution in [3.63, 3.8) is 0 Å². The third-order valence-corrected chi connectivity index (χ3v) is 6.62. The van der Waals surface area contributed by atoms with Crippen molar-refractivity contribution >= 4 is 32.5 Å². The molecule has 0 saturated carbocycles. The van der Waals surface area contributed by atoms with Crippen molar-refractivity contribution in [2.24, 2.45) is 0 Å². The van der Waals surface area contributed by atoms with Gasteiger partial charge in [0.05, 0.1) is 16.6 Å². The molecule has 2 aromatic carbocycles. The smallest absolute Gasteiger partial charge is 0.261 e. The Morgan fingerprint density at radius 1 is 1.16 bits per heavy atom. The molecule has 3 N–H and O–H groups in total. The molecule has 8 nitrogen and oxygen atoms in total. The molecule has 1 aliphatic heterocycles. The predicted molar refractivity (Wildman–Crippen MR) is 118 cm³/mol. The van der Waals surface area contributed by atoms with Gasteiger partial charge in [-0.2, -0.15) is 0 Å². The normalized spacial score (nSPS) is 16.2. The minimum absolute atomic E-state index is 0.0786. The fraction of sp³-hybridized carbons (Fsp3) is 0.273. The Morgan fingerprint density at radius 2 is 1.94 bits per heavy atom. The molecule has 1 saturated heterocycles. The Bertz CT molecular complexity index is 1300. The minimum atomic E-state index is -4.01. The molecule has 0 spiro atoms. The lowest BCUT2D eigenvalue weighted by molar-refractivity contribution is 0.0908. The topological polar surface area (TPSA) is 117 Å². The SMILES string of the molecule is O=C(NCC[C@H]1CCCO1)c1cc(=O)[nH]c2ccc(S(=O)(=O)Nc3ccc(F)cc3)cc12. The molecule has 1 aliphatic rings. The maximum absolute atomic E-state index is 13.1. The summed E-state index contributed by atoms with van der Waals surface area (Å²) >= 11 is 0. The number of carbonyl (C=O) groups is 1. The largest absolute Gasteiger partial charge is 0.378 e. The molecule has 1 fully saturated rings. The molecule has 0 aliphatic carbocycles. The summed E-state index contributed by atoms with van der Waals surface area (Å²) in [5, 5.41) is 3.07. The first-order chi connectivity index (χ1) is 15.3. The number of sulfonamides is 1. The van der Waals surface area contributed by atoms with Gasteiger partial charge in [0, 0.05) is 35.8 Å². The van der Waals surface area contributed by atoms with Crippen molar-refractivity contribution in [2.75, 3.05) is 17.9 Å². The van der Waals surface area contributed by atoms with Crippen LogP contribution in [0.5, 0.6) is 0 Å². The first-order valence-corrected chi connectivity index (χ1v) is 11.7. The Hall–Kier alpha value is -3.24. The van der Waals surface area contributed by atoms with Gasteiger partial charge < -0.3 is 15.0 Å². The number of aromatic amines is 1. The number of halogens is 1. The molecule has 4 rings (SSSR count). The second-order valence-corrected chi connectivity index (χ2v) is 9.23. The summed E-state index contributed by atoms with van der Waals surface area (Å²) in [6, 6.07) is 10.1. The average molecular weight is 459 g/mol. The van der Waals surface area contributed by atoms with E-state index in [9.17, 15) is 22.4 Å². The van der Waals surface area contributed by atoms with E-state index >= 15 is 0 Å². The fourth-order valence-corrected chi connectivity index (χ4v) is 4.72. The van der Waals surface area contributed by atoms with E-state index in [1.54, 1.807) is 0 Å². The van der Waals surface area contributed by atoms with Crippen LogP contribution in [0.3, 0.4) is 0 Å². The number of aromatic nitrogens is 1. The zero-order valence-electron chi connectivity index (χ0n) is 17.1. The van der Waals surface area contributed by atoms with E-state index in [0.717, 1.165) is 37.6 Å². The lowest BCUT2D eigenvalue weighted by Crippen LogP contribution is -2.28. The number of fused-ring (bicyclic) bond motifs is 1. The lowest BCUT2D eigenvalue weighted by atomic mass is 10.1. The van der Waals surface area contributed by atoms with Crippen LogP contribution in [-0.2, 0) is 14.8 Å². The number of amides is 1. The first kappa shape index (κ1) is 22.0. The number of carbonyl (C=O) groups excluding carboxylic acids is 1. The van der Waals surface area contributed by atoms with Gasteiger partial charge in [0.25, 0.3) is 15.9 Å². The first-order valence-electron chi connectivity index (χ1n) is 10.2. The van der Waals surface area contributed by atoms with Crippen LogP contribution in [0.2, 0.25) is 0 Å². The minimum Gasteiger partial charge on any atom is -0.378 e. The summed E-state index contributed by atoms with van der Waals surface area (Å²) in [6.07, 6.45) is 2.72. The van der Waals surface area contributed by atoms with Gasteiger partial charge >= 0.3 is 0 Å². The van der Waals surface area contributed by atoms with Crippen LogP contribution in [0.15, 0.2) is 58.2 Å². The van der Waals surface area contributed by atoms with Crippen molar-refractivity contribution in [3.05, 3.63) is 70.3 Å². The molecule has 0 unspecified atom stereocenters. The van der Waals surface area contributed by atoms with Gasteiger partial charge in [0.15, 0.2) is 0 Å². The van der Waals surface area contributed by atoms with Crippen LogP contribution in [0.4, 0.5) is 10.1 Å². The molecule has 0 bridgehead atoms. The van der Waals surface area contributed by atoms with E-state index in [1.165, 1.54) is 30.3 Å². The summed E-state index contributed by atoms with van der Waals surface area (Å²) in [7, 11) is -4.01. The van der Waals surface area contributed by atoms with Crippen LogP contribution < -0.4 is 15.6 Å². The molecular formula is C22H22FN3O5S. The van der Waals surface area contributed by atoms with Gasteiger partial charge in [-0.1, -0.05) is 0 Å². The highest BCUT2D eigenvalue weighted by Crippen LogP contribution is 2.23. The van der Waals surface area contributed by atoms with Crippen LogP contribution >= 0.6 is 0 Å². The van der Waals surface area contributed by atoms with E-state index in [2.05, 4.69) is 15.0 Å². The van der Waals surface area contributed by atoms with Crippen LogP contribution in [0.25, 0.3) is 10.9 Å². The molecule has 3 aromatic rings. The monoisotopic (exact) mass is 459 g/mol. The summed E-state index contributed by atoms with van der Waals surface area (Å²) in [5.74, 6) is -0.960. The fourth-order valence-electron chi connectivity index (χ4n) is 3.63. The number of nitrogens with one attached hydrogen (secondary N) is 3. The highest BCUT2D eigenvalue weighted by molar-refractivity contribution is 7.92. The molecule has 10 heteroatoms. The van der Waals surface area contributed by atoms with Gasteiger partial charge in [-0.25, -0.2) is 12.8 Å². The van der Waals surface area contributed by atoms with Crippen molar-refractivity contribution in [1.82, 2.24) is 10.3 Å². The Balaban J connectivity index is 1.60. The zero-order chi connectivity index (χ0) is 22.7. The Morgan fingerprint density at radius 3 is 2.66 bits per heavy atom. The van der Waals surface area contributed by atoms with Crippen LogP contribution in [0, 0.1) is 5.82 Å². The van der Waals surface area contributed by atoms with Crippen molar-refractivity contribution in [1.29, 1.82) is 0 Å². The van der Waals surface area contributed by atoms with Crippen molar-refractivity contribution in [2.45, 2.75) is 30.3 Å². The summed E-state index contributed by atoms with van der Waals surface area (Å²) in [5.41, 5.74) is 0.138. The molecule has 1 amide bonds. The average Bonchev–Trinajstić information content (AvgIpc) is 3.27. The Kier molecular flexibility index (Phi) is 6.24. The standard InChI is InChI=1S/C22H22FN3O5S/c23-14-3-5-15(6-4-14)26-32(29,30)17-7-8-20-18(12-17)19(13-21(27)25-20)22(28)24-10-9-16-2-1-11-31-16/h3-8,12-13,16,26H,1-2,9-11H2,(H,24,28)(H,25,27)/t16-/m1/s1. The molecule has 32 heavy (non-hydrogen) atoms. The number of H-pyrrole nitrogens is 1. The van der Waals surface area contributed by atoms with Crippen molar-refractivity contribution in [3.8, 4) is 0 Å². The number of hydrogen-bond donors (Lipinski definition) is 3. The third kappa shape index (κ3) is 4.97. The zero-order valence-corrected chi connectivity index (χ0v) is 17.9. The van der Waals surface area contributed by atoms with Gasteiger partial charge in [-0.3, -0.25) is 14.3 Å². The Labute approximate surface area is 183 Å². The highest BCUT2D eigenvalue weighted by atomic mass is 32.2. The molecule has 168 valence electrons. The summed E-state index contributed by atoms with van der Waals surface area (Å²) < 4.78 is 46.6. The van der Waals surface area contributed by atoms with Crippen LogP contribution in [0.1, 0.15) is 29.6 Å². The second kappa shape index (κ2) is 9.09. The van der Waals surface area contributed by atoms with Gasteiger partial charge in [0.2, 0.25) is 5.56 Å². The van der Waals surface area contributed by atoms with E-state index in [0.29, 0.717) is 23.9 Å². The predicted octanol–water partition coefficient (Wildman–Crippen LogP) is 2.77. The second-order valence-electron chi connectivity index (χ2n) is 7.55. The third-order valence-electron chi connectivity index (χ3n) is 5.24. The number of anilines is 1. The maximum atomic E-state index is 13.1. The molecule has 2 heterocycles. The molecular weight excluding hydrogens is 437 g/mol. The van der Waals surface area contributed by atoms with Gasteiger partial charge in [0.1, 0.15) is 5.82 Å². The number of ether oxygens (including phenoxy) is 1. The van der Waals surface area contributed by atoms with E-state index < -0.39 is 27.3 Å². The molecule has 1 aromatic heterocycles. The number of pyridine rings is 1. The molecule has 0 radical (unpaired) electrons. The van der Waals surface area contributed by atoms with E-state index in [1.807, 2.05) is 0 Å². The van der Waals surface area contributed by atoms with E-state index in [4.69, 9.17) is 4.74 Å². The van der Waals surface area contributed by atoms with Crippen LogP contribution in [-0.4, -0.2) is 38.6 Å². The van der Waals surface area contributed by atoms with Crippen molar-refractivity contribution < 1.29 is 22.3 Å². The van der Waals surface area contributed by atoms with Gasteiger partial charge in [-0.05, 0) is 61.7 Å². The number of rotatable bonds is 7. The summed E-state index contributed by atoms with van der Waals surface area (Å²) in [6.45, 7) is 1.10. The highest BCUT2D eigenvalue weighted by Gasteiger charge is 2.19. The maximum Gasteiger partial charge on any atom is 0.261 e. The quantitative estimate of drug-likeness (QED) is 0.502. The lowest BCUT2D eigenvalue weighted by Gasteiger charge is -2.12. The number of hydrogen-bond acceptors (Lipinski definition) is 5. The molecule has 1 atom stereocenters. The summed E-state index contributed by atoms with van der Waals surface area (Å²) in [4.78, 5) is 27.3.